The number of rotatable bonds is 5. The number of carboxylic acids is 1. The maximum Gasteiger partial charge on any atom is 0.308 e. The lowest BCUT2D eigenvalue weighted by Crippen LogP contribution is -2.42. The highest BCUT2D eigenvalue weighted by Crippen LogP contribution is 2.40. The first-order chi connectivity index (χ1) is 11.0. The van der Waals surface area contributed by atoms with E-state index < -0.39 is 11.9 Å². The first-order valence-electron chi connectivity index (χ1n) is 7.34. The first-order valence-corrected chi connectivity index (χ1v) is 7.34. The van der Waals surface area contributed by atoms with Crippen molar-refractivity contribution in [2.45, 2.75) is 12.8 Å². The topological polar surface area (TPSA) is 85.3 Å². The Morgan fingerprint density at radius 1 is 1.13 bits per heavy atom. The van der Waals surface area contributed by atoms with Crippen LogP contribution in [0.1, 0.15) is 23.2 Å². The molecule has 1 N–H and O–H groups in total. The minimum atomic E-state index is -0.873. The molecule has 1 saturated heterocycles. The van der Waals surface area contributed by atoms with Crippen molar-refractivity contribution in [1.82, 2.24) is 4.90 Å². The van der Waals surface area contributed by atoms with Crippen LogP contribution in [0.15, 0.2) is 12.1 Å². The third-order valence-corrected chi connectivity index (χ3v) is 3.99. The molecule has 1 aliphatic heterocycles. The number of carbonyl (C=O) groups excluding carboxylic acids is 1. The van der Waals surface area contributed by atoms with Crippen LogP contribution in [0.2, 0.25) is 0 Å². The normalized spacial score (nSPS) is 17.5. The van der Waals surface area contributed by atoms with Gasteiger partial charge in [-0.05, 0) is 25.0 Å². The van der Waals surface area contributed by atoms with Crippen LogP contribution in [-0.2, 0) is 4.79 Å². The van der Waals surface area contributed by atoms with Crippen LogP contribution in [-0.4, -0.2) is 56.3 Å². The number of amides is 1. The molecule has 1 atom stereocenters. The van der Waals surface area contributed by atoms with Crippen LogP contribution in [0.4, 0.5) is 0 Å². The zero-order valence-corrected chi connectivity index (χ0v) is 13.5. The Morgan fingerprint density at radius 3 is 2.39 bits per heavy atom. The van der Waals surface area contributed by atoms with Gasteiger partial charge in [-0.25, -0.2) is 0 Å². The predicted octanol–water partition coefficient (Wildman–Crippen LogP) is 1.65. The van der Waals surface area contributed by atoms with Crippen molar-refractivity contribution in [1.29, 1.82) is 0 Å². The van der Waals surface area contributed by atoms with E-state index in [4.69, 9.17) is 19.3 Å². The molecule has 1 aliphatic rings. The summed E-state index contributed by atoms with van der Waals surface area (Å²) in [6, 6.07) is 3.24. The summed E-state index contributed by atoms with van der Waals surface area (Å²) >= 11 is 0. The molecule has 1 fully saturated rings. The highest BCUT2D eigenvalue weighted by atomic mass is 16.5. The Balaban J connectivity index is 2.33. The van der Waals surface area contributed by atoms with Gasteiger partial charge in [0, 0.05) is 13.1 Å². The van der Waals surface area contributed by atoms with Gasteiger partial charge in [-0.2, -0.15) is 0 Å². The number of carbonyl (C=O) groups is 2. The Kier molecular flexibility index (Phi) is 5.31. The molecule has 126 valence electrons. The highest BCUT2D eigenvalue weighted by Gasteiger charge is 2.31. The van der Waals surface area contributed by atoms with E-state index in [1.807, 2.05) is 0 Å². The average molecular weight is 323 g/mol. The van der Waals surface area contributed by atoms with Gasteiger partial charge in [-0.3, -0.25) is 9.59 Å². The number of piperidine rings is 1. The van der Waals surface area contributed by atoms with E-state index >= 15 is 0 Å². The second-order valence-corrected chi connectivity index (χ2v) is 5.31. The van der Waals surface area contributed by atoms with Crippen molar-refractivity contribution in [3.8, 4) is 17.2 Å². The molecule has 2 rings (SSSR count). The number of methoxy groups -OCH3 is 3. The van der Waals surface area contributed by atoms with E-state index in [-0.39, 0.29) is 18.2 Å². The minimum Gasteiger partial charge on any atom is -0.493 e. The number of aliphatic carboxylic acids is 1. The third-order valence-electron chi connectivity index (χ3n) is 3.99. The fourth-order valence-corrected chi connectivity index (χ4v) is 2.80. The van der Waals surface area contributed by atoms with E-state index in [0.717, 1.165) is 0 Å². The lowest BCUT2D eigenvalue weighted by atomic mass is 9.97. The summed E-state index contributed by atoms with van der Waals surface area (Å²) in [5.41, 5.74) is 0.330. The molecule has 7 heteroatoms. The van der Waals surface area contributed by atoms with Gasteiger partial charge in [0.15, 0.2) is 11.5 Å². The van der Waals surface area contributed by atoms with E-state index in [1.165, 1.54) is 21.3 Å². The lowest BCUT2D eigenvalue weighted by Gasteiger charge is -2.31. The number of benzene rings is 1. The average Bonchev–Trinajstić information content (AvgIpc) is 2.59. The summed E-state index contributed by atoms with van der Waals surface area (Å²) in [5.74, 6) is -0.584. The summed E-state index contributed by atoms with van der Waals surface area (Å²) in [6.07, 6.45) is 1.25. The van der Waals surface area contributed by atoms with Gasteiger partial charge >= 0.3 is 5.97 Å². The summed E-state index contributed by atoms with van der Waals surface area (Å²) in [6.45, 7) is 0.728. The van der Waals surface area contributed by atoms with Crippen molar-refractivity contribution < 1.29 is 28.9 Å². The molecule has 0 radical (unpaired) electrons. The monoisotopic (exact) mass is 323 g/mol. The molecule has 1 aromatic carbocycles. The summed E-state index contributed by atoms with van der Waals surface area (Å²) in [7, 11) is 4.42. The number of likely N-dealkylation sites (tertiary alicyclic amines) is 1. The van der Waals surface area contributed by atoms with Gasteiger partial charge in [0.2, 0.25) is 5.75 Å². The second-order valence-electron chi connectivity index (χ2n) is 5.31. The SMILES string of the molecule is COc1ccc(C(=O)N2CCC[C@H](C(=O)O)C2)c(OC)c1OC. The Morgan fingerprint density at radius 2 is 1.83 bits per heavy atom. The number of hydrogen-bond donors (Lipinski definition) is 1. The second kappa shape index (κ2) is 7.21. The minimum absolute atomic E-state index is 0.200. The number of ether oxygens (including phenoxy) is 3. The van der Waals surface area contributed by atoms with Crippen molar-refractivity contribution in [3.05, 3.63) is 17.7 Å². The maximum absolute atomic E-state index is 12.8. The molecule has 0 spiro atoms. The Bertz CT molecular complexity index is 600. The molecule has 0 bridgehead atoms. The summed E-state index contributed by atoms with van der Waals surface area (Å²) in [4.78, 5) is 25.5. The third kappa shape index (κ3) is 3.33. The number of nitrogens with zero attached hydrogens (tertiary/aromatic N) is 1. The molecule has 0 aliphatic carbocycles. The van der Waals surface area contributed by atoms with Crippen LogP contribution in [0.5, 0.6) is 17.2 Å². The molecule has 0 aromatic heterocycles. The van der Waals surface area contributed by atoms with E-state index in [2.05, 4.69) is 0 Å². The molecule has 0 saturated carbocycles. The van der Waals surface area contributed by atoms with Crippen LogP contribution < -0.4 is 14.2 Å². The molecule has 23 heavy (non-hydrogen) atoms. The fourth-order valence-electron chi connectivity index (χ4n) is 2.80. The van der Waals surface area contributed by atoms with E-state index in [0.29, 0.717) is 36.4 Å². The van der Waals surface area contributed by atoms with Crippen molar-refractivity contribution >= 4 is 11.9 Å². The Labute approximate surface area is 134 Å². The smallest absolute Gasteiger partial charge is 0.308 e. The van der Waals surface area contributed by atoms with Gasteiger partial charge in [0.1, 0.15) is 0 Å². The predicted molar refractivity (Wildman–Crippen MR) is 82.4 cm³/mol. The highest BCUT2D eigenvalue weighted by molar-refractivity contribution is 5.98. The molecular weight excluding hydrogens is 302 g/mol. The zero-order valence-electron chi connectivity index (χ0n) is 13.5. The van der Waals surface area contributed by atoms with Crippen LogP contribution in [0, 0.1) is 5.92 Å². The van der Waals surface area contributed by atoms with Crippen LogP contribution >= 0.6 is 0 Å². The summed E-state index contributed by atoms with van der Waals surface area (Å²) in [5, 5.41) is 9.16. The van der Waals surface area contributed by atoms with Crippen molar-refractivity contribution in [2.24, 2.45) is 5.92 Å². The zero-order chi connectivity index (χ0) is 17.0. The fraction of sp³-hybridized carbons (Fsp3) is 0.500. The van der Waals surface area contributed by atoms with Gasteiger partial charge in [-0.1, -0.05) is 0 Å². The van der Waals surface area contributed by atoms with Crippen LogP contribution in [0.3, 0.4) is 0 Å². The van der Waals surface area contributed by atoms with E-state index in [1.54, 1.807) is 17.0 Å². The molecule has 1 amide bonds. The standard InChI is InChI=1S/C16H21NO6/c1-21-12-7-6-11(13(22-2)14(12)23-3)15(18)17-8-4-5-10(9-17)16(19)20/h6-7,10H,4-5,8-9H2,1-3H3,(H,19,20)/t10-/m0/s1. The van der Waals surface area contributed by atoms with Gasteiger partial charge in [-0.15, -0.1) is 0 Å². The largest absolute Gasteiger partial charge is 0.493 e. The van der Waals surface area contributed by atoms with Gasteiger partial charge in [0.25, 0.3) is 5.91 Å². The van der Waals surface area contributed by atoms with E-state index in [9.17, 15) is 9.59 Å². The van der Waals surface area contributed by atoms with Crippen LogP contribution in [0.25, 0.3) is 0 Å². The van der Waals surface area contributed by atoms with Gasteiger partial charge < -0.3 is 24.2 Å². The number of carboxylic acid groups (broad SMARTS) is 1. The Hall–Kier alpha value is -2.44. The summed E-state index contributed by atoms with van der Waals surface area (Å²) < 4.78 is 15.8. The molecule has 0 unspecified atom stereocenters. The van der Waals surface area contributed by atoms with Crippen molar-refractivity contribution in [2.75, 3.05) is 34.4 Å². The quantitative estimate of drug-likeness (QED) is 0.887. The number of hydrogen-bond acceptors (Lipinski definition) is 5. The first kappa shape index (κ1) is 16.9. The lowest BCUT2D eigenvalue weighted by molar-refractivity contribution is -0.143. The molecule has 7 nitrogen and oxygen atoms in total. The van der Waals surface area contributed by atoms with Gasteiger partial charge in [0.05, 0.1) is 32.8 Å². The molecular formula is C16H21NO6. The maximum atomic E-state index is 12.8. The molecule has 1 heterocycles. The molecule has 1 aromatic rings. The van der Waals surface area contributed by atoms with Crippen molar-refractivity contribution in [3.63, 3.8) is 0 Å².